The molecule has 2 aromatic heterocycles. The number of carbonyl (C=O) groups excluding carboxylic acids is 2. The number of carbonyl (C=O) groups is 2. The third-order valence-corrected chi connectivity index (χ3v) is 3.48. The number of furan rings is 1. The van der Waals surface area contributed by atoms with Crippen molar-refractivity contribution in [2.75, 3.05) is 0 Å². The third-order valence-electron chi connectivity index (χ3n) is 3.48. The molecular formula is C19H18N4O4. The number of benzene rings is 1. The van der Waals surface area contributed by atoms with E-state index in [0.29, 0.717) is 11.5 Å². The molecule has 0 aliphatic carbocycles. The minimum absolute atomic E-state index is 0.0641. The Kier molecular flexibility index (Phi) is 6.03. The van der Waals surface area contributed by atoms with Gasteiger partial charge in [0.25, 0.3) is 0 Å². The van der Waals surface area contributed by atoms with E-state index in [0.717, 1.165) is 5.56 Å². The van der Waals surface area contributed by atoms with Crippen molar-refractivity contribution in [2.24, 2.45) is 0 Å². The number of rotatable bonds is 6. The standard InChI is InChI=1S/C19H18N4O4/c24-18(22-23-19(25)21-12-14-5-4-10-20-11-14)17-9-8-16(27-17)13-26-15-6-2-1-3-7-15/h1-11H,12-13H2,(H,22,24)(H2,21,23,25). The Labute approximate surface area is 155 Å². The Morgan fingerprint density at radius 2 is 1.85 bits per heavy atom. The summed E-state index contributed by atoms with van der Waals surface area (Å²) < 4.78 is 11.0. The van der Waals surface area contributed by atoms with Gasteiger partial charge in [-0.1, -0.05) is 24.3 Å². The van der Waals surface area contributed by atoms with E-state index in [4.69, 9.17) is 9.15 Å². The van der Waals surface area contributed by atoms with E-state index in [9.17, 15) is 9.59 Å². The summed E-state index contributed by atoms with van der Waals surface area (Å²) >= 11 is 0. The van der Waals surface area contributed by atoms with E-state index in [1.807, 2.05) is 36.4 Å². The van der Waals surface area contributed by atoms with Crippen molar-refractivity contribution in [3.8, 4) is 5.75 Å². The molecule has 0 aliphatic heterocycles. The highest BCUT2D eigenvalue weighted by atomic mass is 16.5. The molecule has 1 aromatic carbocycles. The highest BCUT2D eigenvalue weighted by molar-refractivity contribution is 5.92. The molecule has 0 fully saturated rings. The number of hydrazine groups is 1. The quantitative estimate of drug-likeness (QED) is 0.581. The molecule has 0 saturated carbocycles. The van der Waals surface area contributed by atoms with Crippen LogP contribution in [0.3, 0.4) is 0 Å². The molecule has 27 heavy (non-hydrogen) atoms. The number of aromatic nitrogens is 1. The summed E-state index contributed by atoms with van der Waals surface area (Å²) in [5.74, 6) is 0.684. The average Bonchev–Trinajstić information content (AvgIpc) is 3.20. The van der Waals surface area contributed by atoms with Crippen LogP contribution in [0.1, 0.15) is 21.9 Å². The Morgan fingerprint density at radius 3 is 2.63 bits per heavy atom. The topological polar surface area (TPSA) is 105 Å². The maximum atomic E-state index is 12.0. The van der Waals surface area contributed by atoms with Crippen LogP contribution in [-0.2, 0) is 13.2 Å². The number of hydrogen-bond donors (Lipinski definition) is 3. The van der Waals surface area contributed by atoms with E-state index in [1.165, 1.54) is 6.07 Å². The number of ether oxygens (including phenoxy) is 1. The first-order chi connectivity index (χ1) is 13.2. The molecule has 0 aliphatic rings. The Morgan fingerprint density at radius 1 is 1.00 bits per heavy atom. The van der Waals surface area contributed by atoms with Crippen molar-refractivity contribution >= 4 is 11.9 Å². The molecule has 8 nitrogen and oxygen atoms in total. The zero-order chi connectivity index (χ0) is 18.9. The van der Waals surface area contributed by atoms with E-state index in [2.05, 4.69) is 21.2 Å². The normalized spacial score (nSPS) is 10.1. The number of amides is 3. The SMILES string of the molecule is O=C(NCc1cccnc1)NNC(=O)c1ccc(COc2ccccc2)o1. The van der Waals surface area contributed by atoms with Crippen molar-refractivity contribution in [3.05, 3.63) is 84.1 Å². The van der Waals surface area contributed by atoms with Gasteiger partial charge in [-0.15, -0.1) is 0 Å². The van der Waals surface area contributed by atoms with Gasteiger partial charge >= 0.3 is 11.9 Å². The lowest BCUT2D eigenvalue weighted by atomic mass is 10.3. The number of pyridine rings is 1. The largest absolute Gasteiger partial charge is 0.486 e. The highest BCUT2D eigenvalue weighted by Crippen LogP contribution is 2.13. The first-order valence-corrected chi connectivity index (χ1v) is 8.20. The third kappa shape index (κ3) is 5.60. The van der Waals surface area contributed by atoms with Gasteiger partial charge in [0.1, 0.15) is 18.1 Å². The van der Waals surface area contributed by atoms with Crippen LogP contribution >= 0.6 is 0 Å². The van der Waals surface area contributed by atoms with E-state index in [-0.39, 0.29) is 18.9 Å². The van der Waals surface area contributed by atoms with Crippen LogP contribution < -0.4 is 20.9 Å². The fraction of sp³-hybridized carbons (Fsp3) is 0.105. The van der Waals surface area contributed by atoms with E-state index < -0.39 is 11.9 Å². The predicted octanol–water partition coefficient (Wildman–Crippen LogP) is 2.40. The van der Waals surface area contributed by atoms with Gasteiger partial charge in [-0.25, -0.2) is 10.2 Å². The highest BCUT2D eigenvalue weighted by Gasteiger charge is 2.12. The van der Waals surface area contributed by atoms with Crippen molar-refractivity contribution in [1.29, 1.82) is 0 Å². The fourth-order valence-electron chi connectivity index (χ4n) is 2.15. The van der Waals surface area contributed by atoms with Crippen LogP contribution in [-0.4, -0.2) is 16.9 Å². The zero-order valence-corrected chi connectivity index (χ0v) is 14.3. The van der Waals surface area contributed by atoms with Gasteiger partial charge in [0.15, 0.2) is 5.76 Å². The van der Waals surface area contributed by atoms with Crippen LogP contribution in [0.4, 0.5) is 4.79 Å². The molecule has 0 unspecified atom stereocenters. The Bertz CT molecular complexity index is 881. The van der Waals surface area contributed by atoms with E-state index in [1.54, 1.807) is 24.5 Å². The molecule has 3 rings (SSSR count). The summed E-state index contributed by atoms with van der Waals surface area (Å²) in [7, 11) is 0. The van der Waals surface area contributed by atoms with Crippen molar-refractivity contribution in [1.82, 2.24) is 21.2 Å². The van der Waals surface area contributed by atoms with Gasteiger partial charge in [-0.2, -0.15) is 0 Å². The molecule has 2 heterocycles. The molecule has 3 aromatic rings. The Hall–Kier alpha value is -3.81. The van der Waals surface area contributed by atoms with Gasteiger partial charge in [0, 0.05) is 18.9 Å². The minimum atomic E-state index is -0.572. The van der Waals surface area contributed by atoms with Gasteiger partial charge < -0.3 is 14.5 Å². The number of para-hydroxylation sites is 1. The van der Waals surface area contributed by atoms with Gasteiger partial charge in [0.05, 0.1) is 0 Å². The molecule has 138 valence electrons. The summed E-state index contributed by atoms with van der Waals surface area (Å²) in [4.78, 5) is 27.7. The summed E-state index contributed by atoms with van der Waals surface area (Å²) in [5.41, 5.74) is 5.37. The molecular weight excluding hydrogens is 348 g/mol. The maximum Gasteiger partial charge on any atom is 0.333 e. The zero-order valence-electron chi connectivity index (χ0n) is 14.3. The molecule has 8 heteroatoms. The number of nitrogens with zero attached hydrogens (tertiary/aromatic N) is 1. The molecule has 0 spiro atoms. The predicted molar refractivity (Wildman–Crippen MR) is 96.6 cm³/mol. The lowest BCUT2D eigenvalue weighted by Crippen LogP contribution is -2.46. The smallest absolute Gasteiger partial charge is 0.333 e. The second kappa shape index (κ2) is 9.04. The first-order valence-electron chi connectivity index (χ1n) is 8.20. The van der Waals surface area contributed by atoms with Crippen LogP contribution in [0.5, 0.6) is 5.75 Å². The second-order valence-electron chi connectivity index (χ2n) is 5.49. The minimum Gasteiger partial charge on any atom is -0.486 e. The van der Waals surface area contributed by atoms with Gasteiger partial charge in [0.2, 0.25) is 0 Å². The molecule has 3 N–H and O–H groups in total. The summed E-state index contributed by atoms with van der Waals surface area (Å²) in [6.07, 6.45) is 3.28. The summed E-state index contributed by atoms with van der Waals surface area (Å²) in [6.45, 7) is 0.480. The molecule has 0 bridgehead atoms. The molecule has 0 radical (unpaired) electrons. The lowest BCUT2D eigenvalue weighted by molar-refractivity contribution is 0.0904. The van der Waals surface area contributed by atoms with E-state index >= 15 is 0 Å². The van der Waals surface area contributed by atoms with Crippen LogP contribution in [0.2, 0.25) is 0 Å². The van der Waals surface area contributed by atoms with Crippen LogP contribution in [0.25, 0.3) is 0 Å². The first kappa shape index (κ1) is 18.0. The van der Waals surface area contributed by atoms with Gasteiger partial charge in [-0.05, 0) is 35.9 Å². The summed E-state index contributed by atoms with van der Waals surface area (Å²) in [6, 6.07) is 15.5. The second-order valence-corrected chi connectivity index (χ2v) is 5.49. The average molecular weight is 366 g/mol. The lowest BCUT2D eigenvalue weighted by Gasteiger charge is -2.08. The van der Waals surface area contributed by atoms with Crippen LogP contribution in [0, 0.1) is 0 Å². The summed E-state index contributed by atoms with van der Waals surface area (Å²) in [5, 5.41) is 2.59. The Balaban J connectivity index is 1.41. The molecule has 0 saturated heterocycles. The number of urea groups is 1. The molecule has 0 atom stereocenters. The van der Waals surface area contributed by atoms with Crippen molar-refractivity contribution in [3.63, 3.8) is 0 Å². The number of hydrogen-bond acceptors (Lipinski definition) is 5. The van der Waals surface area contributed by atoms with Gasteiger partial charge in [-0.3, -0.25) is 15.2 Å². The van der Waals surface area contributed by atoms with Crippen LogP contribution in [0.15, 0.2) is 71.4 Å². The molecule has 3 amide bonds. The fourth-order valence-corrected chi connectivity index (χ4v) is 2.15. The maximum absolute atomic E-state index is 12.0. The monoisotopic (exact) mass is 366 g/mol. The number of nitrogens with one attached hydrogen (secondary N) is 3. The van der Waals surface area contributed by atoms with Crippen molar-refractivity contribution < 1.29 is 18.7 Å². The van der Waals surface area contributed by atoms with Crippen molar-refractivity contribution in [2.45, 2.75) is 13.2 Å².